The standard InChI is InChI=1S/C12H18N4O3/c1-3-9-8-19-5-4-15(9)12-7-10(16(17)18)6-11(13-2)14-12/h6-7,9H,3-5,8H2,1-2H3,(H,13,14). The predicted molar refractivity (Wildman–Crippen MR) is 72.7 cm³/mol. The van der Waals surface area contributed by atoms with E-state index >= 15 is 0 Å². The van der Waals surface area contributed by atoms with Crippen molar-refractivity contribution in [2.24, 2.45) is 0 Å². The van der Waals surface area contributed by atoms with E-state index in [0.29, 0.717) is 31.4 Å². The summed E-state index contributed by atoms with van der Waals surface area (Å²) in [4.78, 5) is 17.1. The number of anilines is 2. The van der Waals surface area contributed by atoms with Crippen LogP contribution < -0.4 is 10.2 Å². The van der Waals surface area contributed by atoms with Crippen LogP contribution in [0.3, 0.4) is 0 Å². The lowest BCUT2D eigenvalue weighted by Crippen LogP contribution is -2.45. The third-order valence-electron chi connectivity index (χ3n) is 3.26. The Bertz CT molecular complexity index is 466. The molecule has 1 aromatic heterocycles. The van der Waals surface area contributed by atoms with Gasteiger partial charge in [0, 0.05) is 13.6 Å². The Balaban J connectivity index is 2.36. The molecule has 0 spiro atoms. The van der Waals surface area contributed by atoms with Crippen LogP contribution in [0.1, 0.15) is 13.3 Å². The smallest absolute Gasteiger partial charge is 0.276 e. The average molecular weight is 266 g/mol. The van der Waals surface area contributed by atoms with Crippen molar-refractivity contribution in [1.82, 2.24) is 4.98 Å². The molecule has 1 saturated heterocycles. The number of ether oxygens (including phenoxy) is 1. The Kier molecular flexibility index (Phi) is 4.16. The molecule has 0 aliphatic carbocycles. The van der Waals surface area contributed by atoms with Crippen LogP contribution in [0.5, 0.6) is 0 Å². The molecule has 0 saturated carbocycles. The molecule has 19 heavy (non-hydrogen) atoms. The molecular formula is C12H18N4O3. The molecule has 7 heteroatoms. The Morgan fingerprint density at radius 2 is 2.42 bits per heavy atom. The van der Waals surface area contributed by atoms with Crippen molar-refractivity contribution >= 4 is 17.3 Å². The molecule has 0 radical (unpaired) electrons. The number of hydrogen-bond acceptors (Lipinski definition) is 6. The topological polar surface area (TPSA) is 80.5 Å². The van der Waals surface area contributed by atoms with Crippen LogP contribution in [0.15, 0.2) is 12.1 Å². The van der Waals surface area contributed by atoms with E-state index in [1.165, 1.54) is 12.1 Å². The zero-order chi connectivity index (χ0) is 13.8. The quantitative estimate of drug-likeness (QED) is 0.659. The van der Waals surface area contributed by atoms with Gasteiger partial charge in [-0.05, 0) is 6.42 Å². The number of nitro groups is 1. The number of nitrogens with zero attached hydrogens (tertiary/aromatic N) is 3. The highest BCUT2D eigenvalue weighted by Gasteiger charge is 2.24. The second-order valence-corrected chi connectivity index (χ2v) is 4.41. The zero-order valence-corrected chi connectivity index (χ0v) is 11.1. The lowest BCUT2D eigenvalue weighted by molar-refractivity contribution is -0.384. The summed E-state index contributed by atoms with van der Waals surface area (Å²) in [6.07, 6.45) is 0.916. The summed E-state index contributed by atoms with van der Waals surface area (Å²) in [5.41, 5.74) is 0.0516. The minimum absolute atomic E-state index is 0.0516. The fourth-order valence-corrected chi connectivity index (χ4v) is 2.18. The number of rotatable bonds is 4. The average Bonchev–Trinajstić information content (AvgIpc) is 2.46. The highest BCUT2D eigenvalue weighted by Crippen LogP contribution is 2.26. The highest BCUT2D eigenvalue weighted by molar-refractivity contribution is 5.56. The summed E-state index contributed by atoms with van der Waals surface area (Å²) in [6.45, 7) is 4.03. The number of morpholine rings is 1. The minimum Gasteiger partial charge on any atom is -0.377 e. The Morgan fingerprint density at radius 1 is 1.63 bits per heavy atom. The molecule has 1 atom stereocenters. The molecule has 1 unspecified atom stereocenters. The first-order valence-corrected chi connectivity index (χ1v) is 6.34. The third kappa shape index (κ3) is 2.93. The molecular weight excluding hydrogens is 248 g/mol. The van der Waals surface area contributed by atoms with Crippen molar-refractivity contribution in [2.45, 2.75) is 19.4 Å². The Labute approximate surface area is 111 Å². The largest absolute Gasteiger partial charge is 0.377 e. The maximum atomic E-state index is 11.0. The van der Waals surface area contributed by atoms with Gasteiger partial charge < -0.3 is 15.0 Å². The SMILES string of the molecule is CCC1COCCN1c1cc([N+](=O)[O-])cc(NC)n1. The normalized spacial score (nSPS) is 19.3. The van der Waals surface area contributed by atoms with Gasteiger partial charge in [-0.15, -0.1) is 0 Å². The lowest BCUT2D eigenvalue weighted by Gasteiger charge is -2.36. The molecule has 7 nitrogen and oxygen atoms in total. The second kappa shape index (κ2) is 5.83. The van der Waals surface area contributed by atoms with E-state index in [9.17, 15) is 10.1 Å². The number of aromatic nitrogens is 1. The van der Waals surface area contributed by atoms with Gasteiger partial charge in [0.25, 0.3) is 5.69 Å². The maximum absolute atomic E-state index is 11.0. The first-order valence-electron chi connectivity index (χ1n) is 6.34. The molecule has 0 amide bonds. The van der Waals surface area contributed by atoms with Crippen LogP contribution >= 0.6 is 0 Å². The van der Waals surface area contributed by atoms with Crippen molar-refractivity contribution in [3.8, 4) is 0 Å². The van der Waals surface area contributed by atoms with E-state index in [2.05, 4.69) is 22.1 Å². The van der Waals surface area contributed by atoms with E-state index in [1.807, 2.05) is 0 Å². The summed E-state index contributed by atoms with van der Waals surface area (Å²) >= 11 is 0. The Hall–Kier alpha value is -1.89. The fourth-order valence-electron chi connectivity index (χ4n) is 2.18. The van der Waals surface area contributed by atoms with Crippen molar-refractivity contribution < 1.29 is 9.66 Å². The van der Waals surface area contributed by atoms with Gasteiger partial charge in [-0.1, -0.05) is 6.92 Å². The summed E-state index contributed by atoms with van der Waals surface area (Å²) in [7, 11) is 1.70. The summed E-state index contributed by atoms with van der Waals surface area (Å²) in [5, 5.41) is 13.8. The minimum atomic E-state index is -0.395. The predicted octanol–water partition coefficient (Wildman–Crippen LogP) is 1.65. The molecule has 1 aliphatic heterocycles. The van der Waals surface area contributed by atoms with Gasteiger partial charge in [0.15, 0.2) is 0 Å². The first-order chi connectivity index (χ1) is 9.15. The van der Waals surface area contributed by atoms with Crippen molar-refractivity contribution in [3.63, 3.8) is 0 Å². The van der Waals surface area contributed by atoms with E-state index in [-0.39, 0.29) is 11.7 Å². The van der Waals surface area contributed by atoms with Crippen LogP contribution in [0.2, 0.25) is 0 Å². The molecule has 1 aromatic rings. The molecule has 2 heterocycles. The molecule has 0 aromatic carbocycles. The van der Waals surface area contributed by atoms with Crippen LogP contribution in [-0.2, 0) is 4.74 Å². The van der Waals surface area contributed by atoms with Crippen molar-refractivity contribution in [3.05, 3.63) is 22.2 Å². The van der Waals surface area contributed by atoms with E-state index in [4.69, 9.17) is 4.74 Å². The molecule has 1 fully saturated rings. The van der Waals surface area contributed by atoms with Gasteiger partial charge in [0.2, 0.25) is 0 Å². The summed E-state index contributed by atoms with van der Waals surface area (Å²) in [6, 6.07) is 3.17. The van der Waals surface area contributed by atoms with Crippen molar-refractivity contribution in [2.75, 3.05) is 37.0 Å². The van der Waals surface area contributed by atoms with Crippen LogP contribution in [0.4, 0.5) is 17.3 Å². The summed E-state index contributed by atoms with van der Waals surface area (Å²) < 4.78 is 5.44. The van der Waals surface area contributed by atoms with E-state index in [1.54, 1.807) is 7.05 Å². The molecule has 0 bridgehead atoms. The first kappa shape index (κ1) is 13.5. The molecule has 1 aliphatic rings. The van der Waals surface area contributed by atoms with Gasteiger partial charge in [0.05, 0.1) is 36.3 Å². The van der Waals surface area contributed by atoms with Crippen LogP contribution in [0, 0.1) is 10.1 Å². The second-order valence-electron chi connectivity index (χ2n) is 4.41. The van der Waals surface area contributed by atoms with Gasteiger partial charge in [0.1, 0.15) is 11.6 Å². The summed E-state index contributed by atoms with van der Waals surface area (Å²) in [5.74, 6) is 1.14. The Morgan fingerprint density at radius 3 is 3.05 bits per heavy atom. The van der Waals surface area contributed by atoms with Gasteiger partial charge in [-0.2, -0.15) is 0 Å². The number of pyridine rings is 1. The molecule has 104 valence electrons. The monoisotopic (exact) mass is 266 g/mol. The van der Waals surface area contributed by atoms with Gasteiger partial charge in [-0.25, -0.2) is 4.98 Å². The number of nitrogens with one attached hydrogen (secondary N) is 1. The molecule has 2 rings (SSSR count). The van der Waals surface area contributed by atoms with E-state index in [0.717, 1.165) is 6.42 Å². The fraction of sp³-hybridized carbons (Fsp3) is 0.583. The number of hydrogen-bond donors (Lipinski definition) is 1. The van der Waals surface area contributed by atoms with E-state index < -0.39 is 4.92 Å². The van der Waals surface area contributed by atoms with Crippen molar-refractivity contribution in [1.29, 1.82) is 0 Å². The molecule has 1 N–H and O–H groups in total. The van der Waals surface area contributed by atoms with Crippen LogP contribution in [0.25, 0.3) is 0 Å². The van der Waals surface area contributed by atoms with Gasteiger partial charge in [-0.3, -0.25) is 10.1 Å². The van der Waals surface area contributed by atoms with Gasteiger partial charge >= 0.3 is 0 Å². The third-order valence-corrected chi connectivity index (χ3v) is 3.26. The lowest BCUT2D eigenvalue weighted by atomic mass is 10.1. The highest BCUT2D eigenvalue weighted by atomic mass is 16.6. The zero-order valence-electron chi connectivity index (χ0n) is 11.1. The maximum Gasteiger partial charge on any atom is 0.276 e. The van der Waals surface area contributed by atoms with Crippen LogP contribution in [-0.4, -0.2) is 42.8 Å².